The van der Waals surface area contributed by atoms with Crippen molar-refractivity contribution in [1.82, 2.24) is 0 Å². The molecule has 0 bridgehead atoms. The molecular weight excluding hydrogens is 579 g/mol. The maximum absolute atomic E-state index is 6.77. The summed E-state index contributed by atoms with van der Waals surface area (Å²) in [5, 5.41) is 4.38. The molecule has 47 heavy (non-hydrogen) atoms. The maximum atomic E-state index is 6.77. The van der Waals surface area contributed by atoms with Crippen molar-refractivity contribution in [2.75, 3.05) is 0 Å². The van der Waals surface area contributed by atoms with Gasteiger partial charge in [-0.3, -0.25) is 0 Å². The number of hydrogen-bond donors (Lipinski definition) is 0. The second kappa shape index (κ2) is 10.2. The van der Waals surface area contributed by atoms with Gasteiger partial charge in [-0.2, -0.15) is 0 Å². The molecule has 6 aromatic carbocycles. The highest BCUT2D eigenvalue weighted by Crippen LogP contribution is 2.44. The van der Waals surface area contributed by atoms with E-state index < -0.39 is 18.3 Å². The van der Waals surface area contributed by atoms with Crippen LogP contribution in [0.4, 0.5) is 0 Å². The van der Waals surface area contributed by atoms with Crippen LogP contribution in [0.3, 0.4) is 0 Å². The molecule has 9 rings (SSSR count). The zero-order valence-electron chi connectivity index (χ0n) is 26.8. The molecule has 8 aromatic rings. The third kappa shape index (κ3) is 4.38. The lowest BCUT2D eigenvalue weighted by Gasteiger charge is -2.32. The van der Waals surface area contributed by atoms with Gasteiger partial charge in [0.05, 0.1) is 11.2 Å². The number of furan rings is 2. The molecule has 1 aliphatic rings. The van der Waals surface area contributed by atoms with Crippen LogP contribution in [-0.2, 0) is 9.31 Å². The summed E-state index contributed by atoms with van der Waals surface area (Å²) >= 11 is 0. The van der Waals surface area contributed by atoms with E-state index in [1.165, 1.54) is 0 Å². The number of hydrogen-bond acceptors (Lipinski definition) is 4. The van der Waals surface area contributed by atoms with E-state index in [-0.39, 0.29) is 0 Å². The predicted molar refractivity (Wildman–Crippen MR) is 193 cm³/mol. The minimum absolute atomic E-state index is 0.446. The van der Waals surface area contributed by atoms with E-state index in [1.54, 1.807) is 0 Å². The van der Waals surface area contributed by atoms with Crippen LogP contribution in [-0.4, -0.2) is 18.3 Å². The fraction of sp³-hybridized carbons (Fsp3) is 0.143. The van der Waals surface area contributed by atoms with Crippen LogP contribution in [0.1, 0.15) is 27.7 Å². The van der Waals surface area contributed by atoms with Crippen LogP contribution < -0.4 is 5.46 Å². The summed E-state index contributed by atoms with van der Waals surface area (Å²) in [5.74, 6) is 0. The summed E-state index contributed by atoms with van der Waals surface area (Å²) < 4.78 is 26.1. The summed E-state index contributed by atoms with van der Waals surface area (Å²) in [6, 6.07) is 44.4. The molecule has 0 atom stereocenters. The van der Waals surface area contributed by atoms with Gasteiger partial charge in [0.2, 0.25) is 0 Å². The molecule has 5 heteroatoms. The van der Waals surface area contributed by atoms with Gasteiger partial charge in [0.25, 0.3) is 0 Å². The van der Waals surface area contributed by atoms with Crippen molar-refractivity contribution >= 4 is 56.5 Å². The molecule has 228 valence electrons. The first-order valence-corrected chi connectivity index (χ1v) is 16.2. The Hall–Kier alpha value is -5.10. The Kier molecular flexibility index (Phi) is 6.11. The van der Waals surface area contributed by atoms with Crippen molar-refractivity contribution in [3.63, 3.8) is 0 Å². The van der Waals surface area contributed by atoms with Gasteiger partial charge in [-0.15, -0.1) is 0 Å². The Labute approximate surface area is 273 Å². The number of fused-ring (bicyclic) bond motifs is 6. The third-order valence-corrected chi connectivity index (χ3v) is 10.1. The molecule has 0 saturated carbocycles. The highest BCUT2D eigenvalue weighted by atomic mass is 16.7. The highest BCUT2D eigenvalue weighted by molar-refractivity contribution is 6.62. The minimum atomic E-state index is -0.492. The van der Waals surface area contributed by atoms with Gasteiger partial charge in [0.1, 0.15) is 22.3 Å². The molecule has 0 amide bonds. The topological polar surface area (TPSA) is 44.7 Å². The molecule has 1 aliphatic heterocycles. The number of benzene rings is 6. The third-order valence-electron chi connectivity index (χ3n) is 10.1. The van der Waals surface area contributed by atoms with E-state index in [1.807, 2.05) is 24.3 Å². The van der Waals surface area contributed by atoms with Gasteiger partial charge in [-0.25, -0.2) is 0 Å². The number of rotatable bonds is 4. The van der Waals surface area contributed by atoms with E-state index in [9.17, 15) is 0 Å². The van der Waals surface area contributed by atoms with Gasteiger partial charge in [-0.1, -0.05) is 103 Å². The van der Waals surface area contributed by atoms with Crippen molar-refractivity contribution in [3.05, 3.63) is 127 Å². The summed E-state index contributed by atoms with van der Waals surface area (Å²) in [6.07, 6.45) is 0. The molecule has 0 aliphatic carbocycles. The summed E-state index contributed by atoms with van der Waals surface area (Å²) in [5.41, 5.74) is 10.1. The van der Waals surface area contributed by atoms with Crippen molar-refractivity contribution in [1.29, 1.82) is 0 Å². The quantitative estimate of drug-likeness (QED) is 0.186. The molecule has 0 unspecified atom stereocenters. The SMILES string of the molecule is CC1(C)OB(c2cc(-c3ccccc3)cc(-c3cccc4c3oc3cccc(-c5cccc6oc7ccccc7c56)c34)c2)OC1(C)C. The maximum Gasteiger partial charge on any atom is 0.494 e. The largest absolute Gasteiger partial charge is 0.494 e. The molecular formula is C42H33BO4. The molecule has 2 aromatic heterocycles. The highest BCUT2D eigenvalue weighted by Gasteiger charge is 2.51. The van der Waals surface area contributed by atoms with E-state index >= 15 is 0 Å². The molecule has 0 radical (unpaired) electrons. The first-order valence-electron chi connectivity index (χ1n) is 16.2. The van der Waals surface area contributed by atoms with Gasteiger partial charge in [0, 0.05) is 27.1 Å². The van der Waals surface area contributed by atoms with E-state index in [0.717, 1.165) is 82.7 Å². The lowest BCUT2D eigenvalue weighted by molar-refractivity contribution is 0.00578. The Morgan fingerprint density at radius 1 is 0.447 bits per heavy atom. The van der Waals surface area contributed by atoms with Gasteiger partial charge in [0.15, 0.2) is 0 Å². The normalized spacial score (nSPS) is 15.8. The van der Waals surface area contributed by atoms with Crippen molar-refractivity contribution < 1.29 is 18.1 Å². The van der Waals surface area contributed by atoms with E-state index in [2.05, 4.69) is 131 Å². The van der Waals surface area contributed by atoms with Crippen LogP contribution in [0.5, 0.6) is 0 Å². The molecule has 1 saturated heterocycles. The van der Waals surface area contributed by atoms with Crippen LogP contribution >= 0.6 is 0 Å². The first-order chi connectivity index (χ1) is 22.8. The zero-order chi connectivity index (χ0) is 31.9. The second-order valence-electron chi connectivity index (χ2n) is 13.5. The van der Waals surface area contributed by atoms with E-state index in [4.69, 9.17) is 18.1 Å². The Balaban J connectivity index is 1.27. The van der Waals surface area contributed by atoms with Crippen molar-refractivity contribution in [2.45, 2.75) is 38.9 Å². The van der Waals surface area contributed by atoms with Crippen LogP contribution in [0, 0.1) is 0 Å². The van der Waals surface area contributed by atoms with Crippen LogP contribution in [0.2, 0.25) is 0 Å². The second-order valence-corrected chi connectivity index (χ2v) is 13.5. The zero-order valence-corrected chi connectivity index (χ0v) is 26.8. The average Bonchev–Trinajstić information content (AvgIpc) is 3.73. The van der Waals surface area contributed by atoms with Crippen LogP contribution in [0.15, 0.2) is 136 Å². The lowest BCUT2D eigenvalue weighted by atomic mass is 9.76. The van der Waals surface area contributed by atoms with E-state index in [0.29, 0.717) is 0 Å². The predicted octanol–water partition coefficient (Wildman–Crippen LogP) is 10.8. The smallest absolute Gasteiger partial charge is 0.456 e. The molecule has 0 spiro atoms. The first kappa shape index (κ1) is 28.2. The molecule has 0 N–H and O–H groups in total. The Morgan fingerprint density at radius 3 is 1.74 bits per heavy atom. The standard InChI is InChI=1S/C42H33BO4/c1-41(2)42(3,4)47-43(46-41)29-24-27(26-13-6-5-7-14-26)23-28(25-29)30-16-10-19-34-39-32(18-12-22-37(39)45-40(30)34)31-17-11-21-36-38(31)33-15-8-9-20-35(33)44-36/h5-25H,1-4H3. The van der Waals surface area contributed by atoms with Crippen molar-refractivity contribution in [3.8, 4) is 33.4 Å². The fourth-order valence-electron chi connectivity index (χ4n) is 7.02. The number of para-hydroxylation sites is 2. The average molecular weight is 613 g/mol. The summed E-state index contributed by atoms with van der Waals surface area (Å²) in [4.78, 5) is 0. The molecule has 1 fully saturated rings. The molecule has 4 nitrogen and oxygen atoms in total. The summed E-state index contributed by atoms with van der Waals surface area (Å²) in [6.45, 7) is 8.37. The molecule has 3 heterocycles. The van der Waals surface area contributed by atoms with Crippen molar-refractivity contribution in [2.24, 2.45) is 0 Å². The minimum Gasteiger partial charge on any atom is -0.456 e. The Bertz CT molecular complexity index is 2470. The fourth-order valence-corrected chi connectivity index (χ4v) is 7.02. The summed E-state index contributed by atoms with van der Waals surface area (Å²) in [7, 11) is -0.492. The van der Waals surface area contributed by atoms with Gasteiger partial charge in [-0.05, 0) is 85.2 Å². The van der Waals surface area contributed by atoms with Gasteiger partial charge >= 0.3 is 7.12 Å². The lowest BCUT2D eigenvalue weighted by Crippen LogP contribution is -2.41. The monoisotopic (exact) mass is 612 g/mol. The van der Waals surface area contributed by atoms with Crippen LogP contribution in [0.25, 0.3) is 77.3 Å². The Morgan fingerprint density at radius 2 is 1.00 bits per heavy atom. The van der Waals surface area contributed by atoms with Gasteiger partial charge < -0.3 is 18.1 Å².